The molecule has 0 radical (unpaired) electrons. The van der Waals surface area contributed by atoms with Gasteiger partial charge in [-0.3, -0.25) is 4.79 Å². The van der Waals surface area contributed by atoms with Gasteiger partial charge in [0.15, 0.2) is 0 Å². The summed E-state index contributed by atoms with van der Waals surface area (Å²) in [7, 11) is 2.15. The molecule has 9 rings (SSSR count). The van der Waals surface area contributed by atoms with Crippen molar-refractivity contribution < 1.29 is 14.3 Å². The lowest BCUT2D eigenvalue weighted by molar-refractivity contribution is -0.128. The van der Waals surface area contributed by atoms with Gasteiger partial charge in [-0.15, -0.1) is 0 Å². The summed E-state index contributed by atoms with van der Waals surface area (Å²) in [4.78, 5) is 37.0. The van der Waals surface area contributed by atoms with Gasteiger partial charge in [-0.2, -0.15) is 9.97 Å². The van der Waals surface area contributed by atoms with E-state index < -0.39 is 5.60 Å². The van der Waals surface area contributed by atoms with Gasteiger partial charge in [0.1, 0.15) is 24.1 Å². The number of rotatable bonds is 13. The van der Waals surface area contributed by atoms with Crippen LogP contribution in [0.2, 0.25) is 0 Å². The number of aryl methyl sites for hydroxylation is 1. The van der Waals surface area contributed by atoms with E-state index in [-0.39, 0.29) is 25.1 Å². The molecular formula is C53H55N7O3. The number of hydrogen-bond donors (Lipinski definition) is 0. The maximum atomic E-state index is 14.1. The molecule has 1 aromatic heterocycles. The lowest BCUT2D eigenvalue weighted by Crippen LogP contribution is -2.56. The Bertz CT molecular complexity index is 2500. The Hall–Kier alpha value is -6.54. The molecule has 5 aromatic carbocycles. The summed E-state index contributed by atoms with van der Waals surface area (Å²) in [5.41, 5.74) is 6.64. The second kappa shape index (κ2) is 18.8. The van der Waals surface area contributed by atoms with Crippen molar-refractivity contribution in [1.82, 2.24) is 19.8 Å². The highest BCUT2D eigenvalue weighted by Crippen LogP contribution is 2.41. The number of amides is 1. The van der Waals surface area contributed by atoms with E-state index in [1.807, 2.05) is 65.6 Å². The number of aromatic nitrogens is 2. The molecule has 1 amide bonds. The van der Waals surface area contributed by atoms with Gasteiger partial charge in [0, 0.05) is 54.9 Å². The Morgan fingerprint density at radius 3 is 2.14 bits per heavy atom. The number of hydrogen-bond acceptors (Lipinski definition) is 8. The number of fused-ring (bicyclic) bond motifs is 2. The first-order valence-corrected chi connectivity index (χ1v) is 22.2. The number of anilines is 2. The van der Waals surface area contributed by atoms with Crippen LogP contribution >= 0.6 is 0 Å². The standard InChI is InChI=1S/C53H55N7O3/c1-39-17-13-18-40-19-14-27-48(50(39)40)58-31-29-46-47(37-58)55-52(62-38-44-26-15-30-57(44)3)56-51(46)59-32-33-60(45(36-59)35-54-2)49(61)28-16-34-63-53(41-20-7-4-8-21-41,42-22-9-5-10-23-42)43-24-11-6-12-25-43/h4-14,16-25,27-28,44-45H,15,26,29-38H2,1,3H3/b28-16+/t44-,45+/m1/s1. The largest absolute Gasteiger partial charge is 0.462 e. The molecule has 0 N–H and O–H groups in total. The first kappa shape index (κ1) is 41.8. The second-order valence-electron chi connectivity index (χ2n) is 16.9. The highest BCUT2D eigenvalue weighted by Gasteiger charge is 2.38. The van der Waals surface area contributed by atoms with Crippen LogP contribution < -0.4 is 14.5 Å². The van der Waals surface area contributed by atoms with Crippen LogP contribution in [0.5, 0.6) is 6.01 Å². The van der Waals surface area contributed by atoms with Crippen molar-refractivity contribution in [3.05, 3.63) is 184 Å². The fourth-order valence-corrected chi connectivity index (χ4v) is 9.84. The number of likely N-dealkylation sites (N-methyl/N-ethyl adjacent to an activating group) is 1. The van der Waals surface area contributed by atoms with E-state index in [0.29, 0.717) is 44.8 Å². The Morgan fingerprint density at radius 1 is 0.810 bits per heavy atom. The average molecular weight is 838 g/mol. The van der Waals surface area contributed by atoms with Crippen molar-refractivity contribution >= 4 is 28.2 Å². The summed E-state index contributed by atoms with van der Waals surface area (Å²) in [6.07, 6.45) is 6.43. The third-order valence-corrected chi connectivity index (χ3v) is 13.1. The number of carbonyl (C=O) groups is 1. The highest BCUT2D eigenvalue weighted by atomic mass is 16.5. The fraction of sp³-hybridized carbons (Fsp3) is 0.321. The van der Waals surface area contributed by atoms with Crippen LogP contribution in [-0.2, 0) is 28.1 Å². The summed E-state index contributed by atoms with van der Waals surface area (Å²) >= 11 is 0. The number of nitrogens with zero attached hydrogens (tertiary/aromatic N) is 7. The molecule has 0 unspecified atom stereocenters. The first-order chi connectivity index (χ1) is 30.9. The average Bonchev–Trinajstić information content (AvgIpc) is 3.75. The van der Waals surface area contributed by atoms with Crippen LogP contribution in [0.1, 0.15) is 46.4 Å². The van der Waals surface area contributed by atoms with E-state index in [4.69, 9.17) is 26.0 Å². The van der Waals surface area contributed by atoms with E-state index in [1.54, 1.807) is 6.08 Å². The molecule has 0 saturated carbocycles. The van der Waals surface area contributed by atoms with Gasteiger partial charge in [-0.25, -0.2) is 6.57 Å². The molecule has 0 spiro atoms. The molecular weight excluding hydrogens is 783 g/mol. The Kier molecular flexibility index (Phi) is 12.5. The first-order valence-electron chi connectivity index (χ1n) is 22.2. The lowest BCUT2D eigenvalue weighted by atomic mass is 9.80. The number of carbonyl (C=O) groups excluding carboxylic acids is 1. The predicted octanol–water partition coefficient (Wildman–Crippen LogP) is 8.48. The van der Waals surface area contributed by atoms with Crippen molar-refractivity contribution in [3.63, 3.8) is 0 Å². The van der Waals surface area contributed by atoms with Crippen LogP contribution in [0, 0.1) is 13.5 Å². The molecule has 63 heavy (non-hydrogen) atoms. The normalized spacial score (nSPS) is 18.1. The molecule has 3 aliphatic rings. The number of benzene rings is 5. The molecule has 0 aliphatic carbocycles. The summed E-state index contributed by atoms with van der Waals surface area (Å²) < 4.78 is 13.4. The van der Waals surface area contributed by atoms with E-state index >= 15 is 0 Å². The lowest BCUT2D eigenvalue weighted by Gasteiger charge is -2.41. The van der Waals surface area contributed by atoms with E-state index in [2.05, 4.69) is 106 Å². The van der Waals surface area contributed by atoms with E-state index in [1.165, 1.54) is 22.0 Å². The van der Waals surface area contributed by atoms with E-state index in [9.17, 15) is 4.79 Å². The molecule has 2 atom stereocenters. The predicted molar refractivity (Wildman–Crippen MR) is 250 cm³/mol. The third-order valence-electron chi connectivity index (χ3n) is 13.1. The summed E-state index contributed by atoms with van der Waals surface area (Å²) in [6, 6.07) is 44.1. The van der Waals surface area contributed by atoms with Crippen molar-refractivity contribution in [2.24, 2.45) is 0 Å². The molecule has 10 heteroatoms. The Balaban J connectivity index is 0.955. The molecule has 3 aliphatic heterocycles. The van der Waals surface area contributed by atoms with Gasteiger partial charge in [-0.05, 0) is 73.5 Å². The van der Waals surface area contributed by atoms with Crippen LogP contribution in [0.25, 0.3) is 15.6 Å². The molecule has 0 bridgehead atoms. The number of piperazine rings is 1. The molecule has 10 nitrogen and oxygen atoms in total. The third kappa shape index (κ3) is 8.64. The minimum absolute atomic E-state index is 0.132. The maximum Gasteiger partial charge on any atom is 0.318 e. The minimum Gasteiger partial charge on any atom is -0.462 e. The summed E-state index contributed by atoms with van der Waals surface area (Å²) in [6.45, 7) is 15.0. The van der Waals surface area contributed by atoms with Gasteiger partial charge in [-0.1, -0.05) is 127 Å². The monoisotopic (exact) mass is 837 g/mol. The van der Waals surface area contributed by atoms with Crippen molar-refractivity contribution in [1.29, 1.82) is 0 Å². The van der Waals surface area contributed by atoms with Gasteiger partial charge >= 0.3 is 6.01 Å². The molecule has 4 heterocycles. The van der Waals surface area contributed by atoms with Crippen molar-refractivity contribution in [2.45, 2.75) is 50.4 Å². The molecule has 320 valence electrons. The number of likely N-dealkylation sites (tertiary alicyclic amines) is 1. The van der Waals surface area contributed by atoms with Crippen molar-refractivity contribution in [3.8, 4) is 6.01 Å². The molecule has 6 aromatic rings. The van der Waals surface area contributed by atoms with E-state index in [0.717, 1.165) is 66.1 Å². The zero-order valence-electron chi connectivity index (χ0n) is 36.3. The van der Waals surface area contributed by atoms with Crippen LogP contribution in [-0.4, -0.2) is 97.3 Å². The van der Waals surface area contributed by atoms with Crippen molar-refractivity contribution in [2.75, 3.05) is 69.3 Å². The van der Waals surface area contributed by atoms with Crippen LogP contribution in [0.3, 0.4) is 0 Å². The fourth-order valence-electron chi connectivity index (χ4n) is 9.84. The topological polar surface area (TPSA) is 78.6 Å². The smallest absolute Gasteiger partial charge is 0.318 e. The molecule has 2 fully saturated rings. The van der Waals surface area contributed by atoms with Gasteiger partial charge in [0.05, 0.1) is 18.8 Å². The van der Waals surface area contributed by atoms with Crippen LogP contribution in [0.15, 0.2) is 140 Å². The summed E-state index contributed by atoms with van der Waals surface area (Å²) in [5, 5.41) is 2.50. The quantitative estimate of drug-likeness (QED) is 0.0652. The summed E-state index contributed by atoms with van der Waals surface area (Å²) in [5.74, 6) is 0.723. The number of ether oxygens (including phenoxy) is 2. The highest BCUT2D eigenvalue weighted by molar-refractivity contribution is 5.97. The zero-order valence-corrected chi connectivity index (χ0v) is 36.3. The maximum absolute atomic E-state index is 14.1. The zero-order chi connectivity index (χ0) is 43.2. The molecule has 2 saturated heterocycles. The van der Waals surface area contributed by atoms with Gasteiger partial charge in [0.2, 0.25) is 12.5 Å². The van der Waals surface area contributed by atoms with Crippen LogP contribution in [0.4, 0.5) is 11.5 Å². The van der Waals surface area contributed by atoms with Gasteiger partial charge < -0.3 is 33.9 Å². The minimum atomic E-state index is -0.896. The SMILES string of the molecule is [C-]#[N+]C[C@H]1CN(c2nc(OC[C@H]3CCCN3C)nc3c2CCN(c2cccc4cccc(C)c24)C3)CCN1C(=O)/C=C/COC(c1ccccc1)(c1ccccc1)c1ccccc1. The Labute approximate surface area is 371 Å². The second-order valence-corrected chi connectivity index (χ2v) is 16.9. The Morgan fingerprint density at radius 2 is 1.49 bits per heavy atom. The van der Waals surface area contributed by atoms with Gasteiger partial charge in [0.25, 0.3) is 0 Å².